The van der Waals surface area contributed by atoms with Gasteiger partial charge < -0.3 is 21.7 Å². The molecule has 0 aromatic heterocycles. The van der Waals surface area contributed by atoms with E-state index in [0.717, 1.165) is 6.08 Å². The topological polar surface area (TPSA) is 117 Å². The Hall–Kier alpha value is -2.25. The molecule has 5 N–H and O–H groups in total. The number of nitrogens with one attached hydrogen (secondary N) is 3. The van der Waals surface area contributed by atoms with E-state index in [1.54, 1.807) is 0 Å². The lowest BCUT2D eigenvalue weighted by atomic mass is 10.4. The summed E-state index contributed by atoms with van der Waals surface area (Å²) in [6.07, 6.45) is 1.27. The van der Waals surface area contributed by atoms with Crippen molar-refractivity contribution in [3.63, 3.8) is 0 Å². The Morgan fingerprint density at radius 3 is 2.73 bits per heavy atom. The van der Waals surface area contributed by atoms with Gasteiger partial charge in [-0.3, -0.25) is 9.69 Å². The molecular weight excluding hydrogens is 202 g/mol. The Labute approximate surface area is 84.5 Å². The van der Waals surface area contributed by atoms with E-state index in [1.807, 2.05) is 0 Å². The molecule has 2 aliphatic rings. The van der Waals surface area contributed by atoms with E-state index in [1.165, 1.54) is 11.1 Å². The van der Waals surface area contributed by atoms with Gasteiger partial charge in [0.05, 0.1) is 0 Å². The summed E-state index contributed by atoms with van der Waals surface area (Å²) >= 11 is 0. The molecule has 0 saturated carbocycles. The highest BCUT2D eigenvalue weighted by molar-refractivity contribution is 5.88. The second-order valence-electron chi connectivity index (χ2n) is 3.12. The Balaban J connectivity index is 2.13. The Morgan fingerprint density at radius 2 is 2.07 bits per heavy atom. The van der Waals surface area contributed by atoms with Crippen LogP contribution in [0.25, 0.3) is 0 Å². The Kier molecular flexibility index (Phi) is 1.96. The molecular formula is C7H9N5O3. The van der Waals surface area contributed by atoms with Crippen molar-refractivity contribution in [2.45, 2.75) is 12.3 Å². The zero-order chi connectivity index (χ0) is 11.0. The smallest absolute Gasteiger partial charge is 0.324 e. The third-order valence-corrected chi connectivity index (χ3v) is 2.09. The summed E-state index contributed by atoms with van der Waals surface area (Å²) in [5.41, 5.74) is 4.89. The van der Waals surface area contributed by atoms with Gasteiger partial charge in [-0.2, -0.15) is 0 Å². The normalized spacial score (nSPS) is 28.7. The monoisotopic (exact) mass is 211 g/mol. The van der Waals surface area contributed by atoms with E-state index in [4.69, 9.17) is 5.73 Å². The van der Waals surface area contributed by atoms with Crippen LogP contribution in [0.2, 0.25) is 0 Å². The minimum atomic E-state index is -0.663. The molecule has 0 aromatic rings. The van der Waals surface area contributed by atoms with Gasteiger partial charge in [0.15, 0.2) is 6.17 Å². The fourth-order valence-electron chi connectivity index (χ4n) is 1.47. The van der Waals surface area contributed by atoms with Gasteiger partial charge >= 0.3 is 12.1 Å². The van der Waals surface area contributed by atoms with Crippen molar-refractivity contribution in [2.75, 3.05) is 0 Å². The average Bonchev–Trinajstić information content (AvgIpc) is 2.57. The lowest BCUT2D eigenvalue weighted by Crippen LogP contribution is -2.40. The van der Waals surface area contributed by atoms with Crippen LogP contribution >= 0.6 is 0 Å². The van der Waals surface area contributed by atoms with E-state index in [0.29, 0.717) is 0 Å². The summed E-state index contributed by atoms with van der Waals surface area (Å²) in [6, 6.07) is -0.780. The summed E-state index contributed by atoms with van der Waals surface area (Å²) < 4.78 is 0. The third-order valence-electron chi connectivity index (χ3n) is 2.09. The van der Waals surface area contributed by atoms with E-state index in [2.05, 4.69) is 16.0 Å². The summed E-state index contributed by atoms with van der Waals surface area (Å²) in [6.45, 7) is 0. The van der Waals surface area contributed by atoms with Gasteiger partial charge in [-0.05, 0) is 0 Å². The van der Waals surface area contributed by atoms with Crippen molar-refractivity contribution in [2.24, 2.45) is 5.73 Å². The number of amides is 5. The molecule has 0 radical (unpaired) electrons. The maximum atomic E-state index is 11.3. The Morgan fingerprint density at radius 1 is 1.33 bits per heavy atom. The van der Waals surface area contributed by atoms with Gasteiger partial charge in [-0.1, -0.05) is 0 Å². The number of primary amides is 1. The first-order chi connectivity index (χ1) is 7.08. The number of carbonyl (C=O) groups excluding carboxylic acids is 3. The van der Waals surface area contributed by atoms with Crippen LogP contribution in [-0.2, 0) is 4.79 Å². The number of nitrogens with two attached hydrogens (primary N) is 1. The lowest BCUT2D eigenvalue weighted by Gasteiger charge is -2.15. The van der Waals surface area contributed by atoms with Crippen LogP contribution in [0.1, 0.15) is 0 Å². The molecule has 2 atom stereocenters. The van der Waals surface area contributed by atoms with Gasteiger partial charge in [-0.25, -0.2) is 9.59 Å². The molecule has 0 spiro atoms. The molecule has 2 rings (SSSR count). The van der Waals surface area contributed by atoms with E-state index >= 15 is 0 Å². The maximum Gasteiger partial charge on any atom is 0.324 e. The van der Waals surface area contributed by atoms with Crippen molar-refractivity contribution in [1.29, 1.82) is 0 Å². The number of fused-ring (bicyclic) bond motifs is 1. The predicted molar refractivity (Wildman–Crippen MR) is 47.9 cm³/mol. The number of hydrogen-bond acceptors (Lipinski definition) is 3. The quantitative estimate of drug-likeness (QED) is 0.395. The number of rotatable bonds is 2. The number of hydrogen-bond donors (Lipinski definition) is 4. The summed E-state index contributed by atoms with van der Waals surface area (Å²) in [5, 5.41) is 7.51. The molecule has 2 fully saturated rings. The van der Waals surface area contributed by atoms with Crippen molar-refractivity contribution in [1.82, 2.24) is 20.9 Å². The van der Waals surface area contributed by atoms with Crippen molar-refractivity contribution < 1.29 is 14.4 Å². The van der Waals surface area contributed by atoms with Gasteiger partial charge in [0.2, 0.25) is 5.91 Å². The fourth-order valence-corrected chi connectivity index (χ4v) is 1.47. The van der Waals surface area contributed by atoms with Gasteiger partial charge in [0.25, 0.3) is 0 Å². The molecule has 2 aliphatic heterocycles. The molecule has 0 aliphatic carbocycles. The molecule has 15 heavy (non-hydrogen) atoms. The van der Waals surface area contributed by atoms with E-state index < -0.39 is 24.3 Å². The molecule has 80 valence electrons. The van der Waals surface area contributed by atoms with Crippen molar-refractivity contribution >= 4 is 18.0 Å². The molecule has 2 unspecified atom stereocenters. The molecule has 2 saturated heterocycles. The number of urea groups is 2. The van der Waals surface area contributed by atoms with Crippen LogP contribution in [0, 0.1) is 0 Å². The van der Waals surface area contributed by atoms with Gasteiger partial charge in [0.1, 0.15) is 6.17 Å². The first-order valence-electron chi connectivity index (χ1n) is 4.21. The molecule has 5 amide bonds. The molecule has 0 bridgehead atoms. The maximum absolute atomic E-state index is 11.3. The van der Waals surface area contributed by atoms with E-state index in [-0.39, 0.29) is 6.03 Å². The zero-order valence-corrected chi connectivity index (χ0v) is 7.56. The molecule has 8 nitrogen and oxygen atoms in total. The molecule has 0 aromatic carbocycles. The minimum Gasteiger partial charge on any atom is -0.366 e. The Bertz CT molecular complexity index is 366. The standard InChI is InChI=1S/C7H9N5O3/c8-3(13)1-2-12-5-4(10-7(12)15)9-6(14)11-5/h1-2,4-5H,(H2,8,13)(H,10,15)(H2,9,11,14). The highest BCUT2D eigenvalue weighted by Gasteiger charge is 2.44. The predicted octanol–water partition coefficient (Wildman–Crippen LogP) is -2.02. The average molecular weight is 211 g/mol. The van der Waals surface area contributed by atoms with Crippen LogP contribution in [-0.4, -0.2) is 35.2 Å². The van der Waals surface area contributed by atoms with Crippen LogP contribution < -0.4 is 21.7 Å². The minimum absolute atomic E-state index is 0.373. The lowest BCUT2D eigenvalue weighted by molar-refractivity contribution is -0.113. The van der Waals surface area contributed by atoms with Crippen LogP contribution in [0.15, 0.2) is 12.3 Å². The molecule has 8 heteroatoms. The second-order valence-corrected chi connectivity index (χ2v) is 3.12. The third kappa shape index (κ3) is 1.56. The second kappa shape index (κ2) is 3.15. The van der Waals surface area contributed by atoms with Gasteiger partial charge in [-0.15, -0.1) is 0 Å². The summed E-state index contributed by atoms with van der Waals surface area (Å²) in [5.74, 6) is -0.663. The molecule has 2 heterocycles. The van der Waals surface area contributed by atoms with Crippen LogP contribution in [0.3, 0.4) is 0 Å². The largest absolute Gasteiger partial charge is 0.366 e. The van der Waals surface area contributed by atoms with Crippen LogP contribution in [0.4, 0.5) is 9.59 Å². The number of nitrogens with zero attached hydrogens (tertiary/aromatic N) is 1. The fraction of sp³-hybridized carbons (Fsp3) is 0.286. The van der Waals surface area contributed by atoms with Crippen molar-refractivity contribution in [3.05, 3.63) is 12.3 Å². The number of carbonyl (C=O) groups is 3. The zero-order valence-electron chi connectivity index (χ0n) is 7.56. The highest BCUT2D eigenvalue weighted by Crippen LogP contribution is 2.13. The SMILES string of the molecule is NC(=O)C=CN1C(=O)NC2NC(=O)NC21. The van der Waals surface area contributed by atoms with E-state index in [9.17, 15) is 14.4 Å². The first-order valence-corrected chi connectivity index (χ1v) is 4.21. The first kappa shape index (κ1) is 9.31. The summed E-state index contributed by atoms with van der Waals surface area (Å²) in [7, 11) is 0. The summed E-state index contributed by atoms with van der Waals surface area (Å²) in [4.78, 5) is 33.9. The highest BCUT2D eigenvalue weighted by atomic mass is 16.2. The van der Waals surface area contributed by atoms with Crippen LogP contribution in [0.5, 0.6) is 0 Å². The van der Waals surface area contributed by atoms with Crippen molar-refractivity contribution in [3.8, 4) is 0 Å². The van der Waals surface area contributed by atoms with Gasteiger partial charge in [0, 0.05) is 12.3 Å².